The zero-order chi connectivity index (χ0) is 11.9. The van der Waals surface area contributed by atoms with Gasteiger partial charge in [-0.1, -0.05) is 18.2 Å². The Morgan fingerprint density at radius 1 is 1.41 bits per heavy atom. The quantitative estimate of drug-likeness (QED) is 0.736. The van der Waals surface area contributed by atoms with Crippen molar-refractivity contribution in [1.82, 2.24) is 5.32 Å². The van der Waals surface area contributed by atoms with Gasteiger partial charge < -0.3 is 14.8 Å². The normalized spacial score (nSPS) is 18.8. The van der Waals surface area contributed by atoms with Crippen LogP contribution in [0.15, 0.2) is 24.3 Å². The summed E-state index contributed by atoms with van der Waals surface area (Å²) in [4.78, 5) is 0. The maximum Gasteiger partial charge on any atom is 0.123 e. The van der Waals surface area contributed by atoms with Crippen LogP contribution >= 0.6 is 0 Å². The van der Waals surface area contributed by atoms with Gasteiger partial charge in [0.05, 0.1) is 13.2 Å². The molecule has 1 aromatic rings. The maximum atomic E-state index is 5.38. The van der Waals surface area contributed by atoms with Crippen molar-refractivity contribution < 1.29 is 9.47 Å². The van der Waals surface area contributed by atoms with Crippen molar-refractivity contribution in [2.24, 2.45) is 0 Å². The molecule has 1 aromatic carbocycles. The first-order valence-electron chi connectivity index (χ1n) is 6.34. The van der Waals surface area contributed by atoms with E-state index in [1.54, 1.807) is 7.11 Å². The summed E-state index contributed by atoms with van der Waals surface area (Å²) in [6, 6.07) is 8.14. The molecule has 0 radical (unpaired) electrons. The van der Waals surface area contributed by atoms with Gasteiger partial charge in [0.25, 0.3) is 0 Å². The third-order valence-electron chi connectivity index (χ3n) is 3.18. The molecule has 1 fully saturated rings. The van der Waals surface area contributed by atoms with Crippen LogP contribution in [0.5, 0.6) is 5.75 Å². The van der Waals surface area contributed by atoms with Gasteiger partial charge in [-0.05, 0) is 31.9 Å². The molecule has 1 saturated heterocycles. The number of hydrogen-bond acceptors (Lipinski definition) is 3. The Balaban J connectivity index is 1.63. The lowest BCUT2D eigenvalue weighted by Crippen LogP contribution is -2.27. The minimum atomic E-state index is 0.531. The highest BCUT2D eigenvalue weighted by Crippen LogP contribution is 2.17. The summed E-state index contributed by atoms with van der Waals surface area (Å²) in [5.41, 5.74) is 1.22. The van der Waals surface area contributed by atoms with Gasteiger partial charge in [0.2, 0.25) is 0 Å². The second-order valence-corrected chi connectivity index (χ2v) is 4.41. The summed E-state index contributed by atoms with van der Waals surface area (Å²) >= 11 is 0. The van der Waals surface area contributed by atoms with E-state index < -0.39 is 0 Å². The molecule has 2 rings (SSSR count). The van der Waals surface area contributed by atoms with Crippen LogP contribution in [-0.2, 0) is 11.3 Å². The average molecular weight is 235 g/mol. The topological polar surface area (TPSA) is 30.5 Å². The van der Waals surface area contributed by atoms with E-state index in [2.05, 4.69) is 11.4 Å². The molecule has 1 aliphatic rings. The number of benzene rings is 1. The van der Waals surface area contributed by atoms with E-state index in [0.29, 0.717) is 6.10 Å². The first-order chi connectivity index (χ1) is 8.40. The lowest BCUT2D eigenvalue weighted by molar-refractivity contribution is -0.0552. The molecule has 94 valence electrons. The maximum absolute atomic E-state index is 5.38. The Bertz CT molecular complexity index is 337. The van der Waals surface area contributed by atoms with Crippen molar-refractivity contribution in [1.29, 1.82) is 0 Å². The fraction of sp³-hybridized carbons (Fsp3) is 0.571. The zero-order valence-electron chi connectivity index (χ0n) is 10.4. The van der Waals surface area contributed by atoms with E-state index in [0.717, 1.165) is 25.4 Å². The van der Waals surface area contributed by atoms with Crippen LogP contribution in [0.25, 0.3) is 0 Å². The van der Waals surface area contributed by atoms with E-state index in [-0.39, 0.29) is 0 Å². The highest BCUT2D eigenvalue weighted by Gasteiger charge is 2.16. The van der Waals surface area contributed by atoms with Crippen molar-refractivity contribution in [3.63, 3.8) is 0 Å². The molecular formula is C14H21NO2. The SMILES string of the molecule is COc1ccccc1CNCCCC1CCO1. The summed E-state index contributed by atoms with van der Waals surface area (Å²) in [5.74, 6) is 0.960. The summed E-state index contributed by atoms with van der Waals surface area (Å²) in [5, 5.41) is 3.44. The van der Waals surface area contributed by atoms with Crippen LogP contribution in [-0.4, -0.2) is 26.4 Å². The van der Waals surface area contributed by atoms with Crippen LogP contribution in [0.4, 0.5) is 0 Å². The van der Waals surface area contributed by atoms with E-state index >= 15 is 0 Å². The fourth-order valence-corrected chi connectivity index (χ4v) is 2.04. The van der Waals surface area contributed by atoms with Gasteiger partial charge in [-0.15, -0.1) is 0 Å². The van der Waals surface area contributed by atoms with Crippen LogP contribution < -0.4 is 10.1 Å². The number of ether oxygens (including phenoxy) is 2. The molecule has 17 heavy (non-hydrogen) atoms. The van der Waals surface area contributed by atoms with Gasteiger partial charge in [-0.2, -0.15) is 0 Å². The molecule has 3 heteroatoms. The Labute approximate surface area is 103 Å². The molecule has 0 amide bonds. The molecule has 1 aliphatic heterocycles. The van der Waals surface area contributed by atoms with E-state index in [9.17, 15) is 0 Å². The summed E-state index contributed by atoms with van der Waals surface area (Å²) in [6.07, 6.45) is 4.13. The van der Waals surface area contributed by atoms with Crippen LogP contribution in [0, 0.1) is 0 Å². The molecule has 1 N–H and O–H groups in total. The molecule has 0 aliphatic carbocycles. The molecule has 0 aromatic heterocycles. The van der Waals surface area contributed by atoms with Gasteiger partial charge in [-0.25, -0.2) is 0 Å². The lowest BCUT2D eigenvalue weighted by atomic mass is 10.1. The smallest absolute Gasteiger partial charge is 0.123 e. The van der Waals surface area contributed by atoms with Crippen molar-refractivity contribution >= 4 is 0 Å². The van der Waals surface area contributed by atoms with E-state index in [4.69, 9.17) is 9.47 Å². The summed E-state index contributed by atoms with van der Waals surface area (Å²) in [7, 11) is 1.72. The van der Waals surface area contributed by atoms with E-state index in [1.807, 2.05) is 18.2 Å². The predicted molar refractivity (Wildman–Crippen MR) is 68.3 cm³/mol. The van der Waals surface area contributed by atoms with Gasteiger partial charge in [0, 0.05) is 18.7 Å². The van der Waals surface area contributed by atoms with Crippen LogP contribution in [0.2, 0.25) is 0 Å². The number of rotatable bonds is 7. The van der Waals surface area contributed by atoms with Crippen LogP contribution in [0.1, 0.15) is 24.8 Å². The third kappa shape index (κ3) is 3.72. The van der Waals surface area contributed by atoms with Gasteiger partial charge >= 0.3 is 0 Å². The largest absolute Gasteiger partial charge is 0.496 e. The Morgan fingerprint density at radius 2 is 2.24 bits per heavy atom. The minimum absolute atomic E-state index is 0.531. The van der Waals surface area contributed by atoms with Crippen molar-refractivity contribution in [2.45, 2.75) is 31.9 Å². The Morgan fingerprint density at radius 3 is 2.94 bits per heavy atom. The molecule has 0 spiro atoms. The monoisotopic (exact) mass is 235 g/mol. The second kappa shape index (κ2) is 6.62. The van der Waals surface area contributed by atoms with Crippen molar-refractivity contribution in [3.8, 4) is 5.75 Å². The number of methoxy groups -OCH3 is 1. The fourth-order valence-electron chi connectivity index (χ4n) is 2.04. The molecule has 0 bridgehead atoms. The first-order valence-corrected chi connectivity index (χ1v) is 6.34. The minimum Gasteiger partial charge on any atom is -0.496 e. The molecule has 1 atom stereocenters. The van der Waals surface area contributed by atoms with Crippen molar-refractivity contribution in [3.05, 3.63) is 29.8 Å². The van der Waals surface area contributed by atoms with Crippen molar-refractivity contribution in [2.75, 3.05) is 20.3 Å². The number of hydrogen-bond donors (Lipinski definition) is 1. The van der Waals surface area contributed by atoms with Gasteiger partial charge in [0.15, 0.2) is 0 Å². The van der Waals surface area contributed by atoms with E-state index in [1.165, 1.54) is 24.8 Å². The molecule has 1 unspecified atom stereocenters. The Hall–Kier alpha value is -1.06. The average Bonchev–Trinajstić information content (AvgIpc) is 2.32. The summed E-state index contributed by atoms with van der Waals surface area (Å²) in [6.45, 7) is 2.87. The molecular weight excluding hydrogens is 214 g/mol. The predicted octanol–water partition coefficient (Wildman–Crippen LogP) is 2.35. The second-order valence-electron chi connectivity index (χ2n) is 4.41. The molecule has 1 heterocycles. The zero-order valence-corrected chi connectivity index (χ0v) is 10.4. The standard InChI is InChI=1S/C14H21NO2/c1-16-14-7-3-2-5-12(14)11-15-9-4-6-13-8-10-17-13/h2-3,5,7,13,15H,4,6,8-11H2,1H3. The summed E-state index contributed by atoms with van der Waals surface area (Å²) < 4.78 is 10.7. The Kier molecular flexibility index (Phi) is 4.83. The third-order valence-corrected chi connectivity index (χ3v) is 3.18. The molecule has 0 saturated carbocycles. The highest BCUT2D eigenvalue weighted by atomic mass is 16.5. The van der Waals surface area contributed by atoms with Crippen LogP contribution in [0.3, 0.4) is 0 Å². The van der Waals surface area contributed by atoms with Gasteiger partial charge in [-0.3, -0.25) is 0 Å². The first kappa shape index (κ1) is 12.4. The highest BCUT2D eigenvalue weighted by molar-refractivity contribution is 5.32. The number of nitrogens with one attached hydrogen (secondary N) is 1. The lowest BCUT2D eigenvalue weighted by Gasteiger charge is -2.26. The molecule has 3 nitrogen and oxygen atoms in total. The number of para-hydroxylation sites is 1. The van der Waals surface area contributed by atoms with Gasteiger partial charge in [0.1, 0.15) is 5.75 Å².